The molecule has 3 rings (SSSR count). The number of carbonyl (C=O) groups excluding carboxylic acids is 1. The number of nitrogens with zero attached hydrogens (tertiary/aromatic N) is 4. The third kappa shape index (κ3) is 3.80. The number of pyridine rings is 1. The van der Waals surface area contributed by atoms with Crippen molar-refractivity contribution in [2.45, 2.75) is 13.5 Å². The molecular formula is C18H20N6O2. The summed E-state index contributed by atoms with van der Waals surface area (Å²) in [6.07, 6.45) is 1.53. The Morgan fingerprint density at radius 3 is 2.73 bits per heavy atom. The number of carbonyl (C=O) groups is 1. The van der Waals surface area contributed by atoms with Crippen LogP contribution < -0.4 is 16.0 Å². The first-order chi connectivity index (χ1) is 12.4. The molecule has 134 valence electrons. The zero-order valence-electron chi connectivity index (χ0n) is 14.9. The lowest BCUT2D eigenvalue weighted by molar-refractivity contribution is 0.0946. The number of furan rings is 1. The lowest BCUT2D eigenvalue weighted by Gasteiger charge is -2.17. The van der Waals surface area contributed by atoms with Gasteiger partial charge in [-0.2, -0.15) is 0 Å². The summed E-state index contributed by atoms with van der Waals surface area (Å²) in [5.74, 6) is 0.988. The van der Waals surface area contributed by atoms with Crippen molar-refractivity contribution in [1.29, 1.82) is 0 Å². The Kier molecular flexibility index (Phi) is 4.83. The Morgan fingerprint density at radius 2 is 2.04 bits per heavy atom. The van der Waals surface area contributed by atoms with Crippen LogP contribution in [-0.4, -0.2) is 35.0 Å². The highest BCUT2D eigenvalue weighted by Gasteiger charge is 2.14. The Hall–Kier alpha value is -3.42. The summed E-state index contributed by atoms with van der Waals surface area (Å²) in [7, 11) is 3.82. The minimum Gasteiger partial charge on any atom is -0.463 e. The number of hydrogen-bond acceptors (Lipinski definition) is 7. The minimum atomic E-state index is -0.350. The van der Waals surface area contributed by atoms with Gasteiger partial charge in [0.1, 0.15) is 17.2 Å². The Balaban J connectivity index is 1.79. The van der Waals surface area contributed by atoms with Crippen LogP contribution in [0.5, 0.6) is 0 Å². The monoisotopic (exact) mass is 352 g/mol. The van der Waals surface area contributed by atoms with Gasteiger partial charge in [0.05, 0.1) is 6.26 Å². The maximum Gasteiger partial charge on any atom is 0.270 e. The van der Waals surface area contributed by atoms with Crippen molar-refractivity contribution in [3.8, 4) is 11.5 Å². The van der Waals surface area contributed by atoms with Crippen LogP contribution in [0.15, 0.2) is 41.0 Å². The van der Waals surface area contributed by atoms with Crippen molar-refractivity contribution in [3.05, 3.63) is 53.5 Å². The standard InChI is InChI=1S/C18H20N6O2/c1-11-6-7-12(16(21-11)24(2)3)10-20-17(25)14-9-13(22-18(19)23-14)15-5-4-8-26-15/h4-9H,10H2,1-3H3,(H,20,25)(H2,19,22,23). The Bertz CT molecular complexity index is 921. The Morgan fingerprint density at radius 1 is 1.23 bits per heavy atom. The van der Waals surface area contributed by atoms with Gasteiger partial charge >= 0.3 is 0 Å². The fourth-order valence-electron chi connectivity index (χ4n) is 2.50. The van der Waals surface area contributed by atoms with E-state index in [0.29, 0.717) is 18.0 Å². The first kappa shape index (κ1) is 17.4. The van der Waals surface area contributed by atoms with Gasteiger partial charge < -0.3 is 20.4 Å². The van der Waals surface area contributed by atoms with Gasteiger partial charge in [0, 0.05) is 31.9 Å². The van der Waals surface area contributed by atoms with Gasteiger partial charge in [-0.05, 0) is 31.2 Å². The second-order valence-electron chi connectivity index (χ2n) is 5.99. The highest BCUT2D eigenvalue weighted by Crippen LogP contribution is 2.19. The number of anilines is 2. The fourth-order valence-corrected chi connectivity index (χ4v) is 2.50. The van der Waals surface area contributed by atoms with Crippen LogP contribution in [-0.2, 0) is 6.54 Å². The molecule has 3 heterocycles. The number of nitrogens with one attached hydrogen (secondary N) is 1. The normalized spacial score (nSPS) is 10.6. The van der Waals surface area contributed by atoms with E-state index >= 15 is 0 Å². The fraction of sp³-hybridized carbons (Fsp3) is 0.222. The summed E-state index contributed by atoms with van der Waals surface area (Å²) in [4.78, 5) is 27.0. The van der Waals surface area contributed by atoms with Gasteiger partial charge in [0.15, 0.2) is 5.76 Å². The van der Waals surface area contributed by atoms with Crippen LogP contribution in [0, 0.1) is 6.92 Å². The van der Waals surface area contributed by atoms with E-state index in [1.165, 1.54) is 6.26 Å². The van der Waals surface area contributed by atoms with Gasteiger partial charge in [0.2, 0.25) is 5.95 Å². The number of aryl methyl sites for hydroxylation is 1. The predicted octanol–water partition coefficient (Wildman–Crippen LogP) is 2.02. The van der Waals surface area contributed by atoms with Gasteiger partial charge in [0.25, 0.3) is 5.91 Å². The van der Waals surface area contributed by atoms with Crippen LogP contribution in [0.2, 0.25) is 0 Å². The molecule has 0 aromatic carbocycles. The van der Waals surface area contributed by atoms with Crippen molar-refractivity contribution < 1.29 is 9.21 Å². The zero-order valence-corrected chi connectivity index (χ0v) is 14.9. The molecule has 0 spiro atoms. The molecule has 0 saturated carbocycles. The average Bonchev–Trinajstić information content (AvgIpc) is 3.14. The number of nitrogens with two attached hydrogens (primary N) is 1. The number of nitrogen functional groups attached to an aromatic ring is 1. The van der Waals surface area contributed by atoms with Crippen molar-refractivity contribution >= 4 is 17.7 Å². The largest absolute Gasteiger partial charge is 0.463 e. The van der Waals surface area contributed by atoms with E-state index in [1.54, 1.807) is 18.2 Å². The number of amides is 1. The molecule has 8 heteroatoms. The van der Waals surface area contributed by atoms with E-state index < -0.39 is 0 Å². The number of aromatic nitrogens is 3. The summed E-state index contributed by atoms with van der Waals surface area (Å²) in [6.45, 7) is 2.24. The first-order valence-corrected chi connectivity index (χ1v) is 8.04. The lowest BCUT2D eigenvalue weighted by Crippen LogP contribution is -2.26. The summed E-state index contributed by atoms with van der Waals surface area (Å²) < 4.78 is 5.30. The van der Waals surface area contributed by atoms with Crippen molar-refractivity contribution in [3.63, 3.8) is 0 Å². The van der Waals surface area contributed by atoms with Gasteiger partial charge in [-0.1, -0.05) is 6.07 Å². The number of rotatable bonds is 5. The van der Waals surface area contributed by atoms with Crippen LogP contribution in [0.4, 0.5) is 11.8 Å². The minimum absolute atomic E-state index is 0.00929. The second kappa shape index (κ2) is 7.22. The third-order valence-corrected chi connectivity index (χ3v) is 3.71. The second-order valence-corrected chi connectivity index (χ2v) is 5.99. The van der Waals surface area contributed by atoms with E-state index in [0.717, 1.165) is 17.1 Å². The molecule has 8 nitrogen and oxygen atoms in total. The average molecular weight is 352 g/mol. The van der Waals surface area contributed by atoms with Crippen molar-refractivity contribution in [1.82, 2.24) is 20.3 Å². The molecule has 0 unspecified atom stereocenters. The van der Waals surface area contributed by atoms with Gasteiger partial charge in [-0.3, -0.25) is 4.79 Å². The zero-order chi connectivity index (χ0) is 18.7. The van der Waals surface area contributed by atoms with E-state index in [4.69, 9.17) is 10.2 Å². The van der Waals surface area contributed by atoms with Crippen molar-refractivity contribution in [2.75, 3.05) is 24.7 Å². The molecule has 0 aliphatic heterocycles. The molecule has 3 aromatic heterocycles. The molecule has 0 saturated heterocycles. The molecule has 0 radical (unpaired) electrons. The third-order valence-electron chi connectivity index (χ3n) is 3.71. The molecule has 0 aliphatic rings. The van der Waals surface area contributed by atoms with E-state index in [2.05, 4.69) is 20.3 Å². The van der Waals surface area contributed by atoms with Crippen LogP contribution in [0.3, 0.4) is 0 Å². The van der Waals surface area contributed by atoms with Crippen LogP contribution >= 0.6 is 0 Å². The molecule has 0 atom stereocenters. The molecule has 3 N–H and O–H groups in total. The molecule has 26 heavy (non-hydrogen) atoms. The lowest BCUT2D eigenvalue weighted by atomic mass is 10.2. The summed E-state index contributed by atoms with van der Waals surface area (Å²) >= 11 is 0. The molecular weight excluding hydrogens is 332 g/mol. The maximum atomic E-state index is 12.5. The predicted molar refractivity (Wildman–Crippen MR) is 98.6 cm³/mol. The van der Waals surface area contributed by atoms with Crippen LogP contribution in [0.1, 0.15) is 21.7 Å². The molecule has 0 fully saturated rings. The highest BCUT2D eigenvalue weighted by atomic mass is 16.3. The maximum absolute atomic E-state index is 12.5. The Labute approximate surface area is 151 Å². The summed E-state index contributed by atoms with van der Waals surface area (Å²) in [6, 6.07) is 8.88. The molecule has 0 bridgehead atoms. The van der Waals surface area contributed by atoms with Crippen molar-refractivity contribution in [2.24, 2.45) is 0 Å². The SMILES string of the molecule is Cc1ccc(CNC(=O)c2cc(-c3ccco3)nc(N)n2)c(N(C)C)n1. The van der Waals surface area contributed by atoms with E-state index in [9.17, 15) is 4.79 Å². The summed E-state index contributed by atoms with van der Waals surface area (Å²) in [5, 5.41) is 2.85. The van der Waals surface area contributed by atoms with E-state index in [1.807, 2.05) is 38.1 Å². The van der Waals surface area contributed by atoms with Gasteiger partial charge in [-0.25, -0.2) is 15.0 Å². The molecule has 1 amide bonds. The smallest absolute Gasteiger partial charge is 0.270 e. The molecule has 0 aliphatic carbocycles. The topological polar surface area (TPSA) is 110 Å². The van der Waals surface area contributed by atoms with Crippen LogP contribution in [0.25, 0.3) is 11.5 Å². The number of hydrogen-bond donors (Lipinski definition) is 2. The first-order valence-electron chi connectivity index (χ1n) is 8.04. The summed E-state index contributed by atoms with van der Waals surface area (Å²) in [5.41, 5.74) is 8.18. The van der Waals surface area contributed by atoms with E-state index in [-0.39, 0.29) is 17.5 Å². The van der Waals surface area contributed by atoms with Gasteiger partial charge in [-0.15, -0.1) is 0 Å². The molecule has 3 aromatic rings. The highest BCUT2D eigenvalue weighted by molar-refractivity contribution is 5.93. The quantitative estimate of drug-likeness (QED) is 0.723.